The van der Waals surface area contributed by atoms with E-state index in [1.807, 2.05) is 19.9 Å². The van der Waals surface area contributed by atoms with Crippen LogP contribution in [-0.2, 0) is 16.1 Å². The van der Waals surface area contributed by atoms with Gasteiger partial charge < -0.3 is 10.6 Å². The van der Waals surface area contributed by atoms with Crippen molar-refractivity contribution in [1.82, 2.24) is 15.5 Å². The van der Waals surface area contributed by atoms with Gasteiger partial charge in [0.25, 0.3) is 0 Å². The third kappa shape index (κ3) is 6.82. The van der Waals surface area contributed by atoms with Crippen LogP contribution in [0.15, 0.2) is 24.3 Å². The summed E-state index contributed by atoms with van der Waals surface area (Å²) in [4.78, 5) is 26.1. The summed E-state index contributed by atoms with van der Waals surface area (Å²) in [6.45, 7) is 6.41. The summed E-state index contributed by atoms with van der Waals surface area (Å²) >= 11 is 0. The standard InChI is InChI=1S/C19H28FN3O2/c1-14(2)22-18(24)8-9-21-19(25)16-6-4-10-23(13-16)12-15-5-3-7-17(20)11-15/h3,5,7,11,14,16H,4,6,8-10,12-13H2,1-2H3,(H,21,25)(H,22,24). The lowest BCUT2D eigenvalue weighted by Gasteiger charge is -2.32. The van der Waals surface area contributed by atoms with Crippen LogP contribution in [-0.4, -0.2) is 42.4 Å². The van der Waals surface area contributed by atoms with Crippen LogP contribution < -0.4 is 10.6 Å². The van der Waals surface area contributed by atoms with Gasteiger partial charge >= 0.3 is 0 Å². The molecule has 0 aliphatic carbocycles. The van der Waals surface area contributed by atoms with E-state index in [2.05, 4.69) is 15.5 Å². The molecular weight excluding hydrogens is 321 g/mol. The number of rotatable bonds is 7. The maximum absolute atomic E-state index is 13.3. The van der Waals surface area contributed by atoms with E-state index in [0.29, 0.717) is 26.1 Å². The van der Waals surface area contributed by atoms with Crippen LogP contribution >= 0.6 is 0 Å². The van der Waals surface area contributed by atoms with Gasteiger partial charge in [0.1, 0.15) is 5.82 Å². The smallest absolute Gasteiger partial charge is 0.224 e. The summed E-state index contributed by atoms with van der Waals surface area (Å²) in [6.07, 6.45) is 2.09. The first-order valence-corrected chi connectivity index (χ1v) is 8.98. The van der Waals surface area contributed by atoms with E-state index in [1.165, 1.54) is 12.1 Å². The Morgan fingerprint density at radius 3 is 2.88 bits per heavy atom. The molecule has 1 saturated heterocycles. The molecule has 138 valence electrons. The molecule has 1 fully saturated rings. The number of hydrogen-bond acceptors (Lipinski definition) is 3. The fraction of sp³-hybridized carbons (Fsp3) is 0.579. The van der Waals surface area contributed by atoms with E-state index in [0.717, 1.165) is 24.9 Å². The Morgan fingerprint density at radius 2 is 2.16 bits per heavy atom. The number of nitrogens with zero attached hydrogens (tertiary/aromatic N) is 1. The average molecular weight is 349 g/mol. The zero-order valence-electron chi connectivity index (χ0n) is 15.1. The lowest BCUT2D eigenvalue weighted by atomic mass is 9.96. The summed E-state index contributed by atoms with van der Waals surface area (Å²) in [6, 6.07) is 6.70. The molecule has 1 heterocycles. The summed E-state index contributed by atoms with van der Waals surface area (Å²) in [5.41, 5.74) is 0.923. The molecule has 0 bridgehead atoms. The van der Waals surface area contributed by atoms with Crippen LogP contribution in [0.2, 0.25) is 0 Å². The second-order valence-corrected chi connectivity index (χ2v) is 6.97. The maximum atomic E-state index is 13.3. The first-order chi connectivity index (χ1) is 11.9. The van der Waals surface area contributed by atoms with E-state index in [9.17, 15) is 14.0 Å². The van der Waals surface area contributed by atoms with E-state index in [1.54, 1.807) is 6.07 Å². The fourth-order valence-electron chi connectivity index (χ4n) is 3.14. The highest BCUT2D eigenvalue weighted by Crippen LogP contribution is 2.19. The molecule has 0 radical (unpaired) electrons. The third-order valence-corrected chi connectivity index (χ3v) is 4.27. The number of nitrogens with one attached hydrogen (secondary N) is 2. The zero-order valence-corrected chi connectivity index (χ0v) is 15.1. The van der Waals surface area contributed by atoms with Crippen molar-refractivity contribution >= 4 is 11.8 Å². The van der Waals surface area contributed by atoms with Crippen molar-refractivity contribution < 1.29 is 14.0 Å². The Kier molecular flexibility index (Phi) is 7.37. The van der Waals surface area contributed by atoms with Crippen molar-refractivity contribution in [3.63, 3.8) is 0 Å². The summed E-state index contributed by atoms with van der Waals surface area (Å²) in [5, 5.41) is 5.67. The maximum Gasteiger partial charge on any atom is 0.224 e. The van der Waals surface area contributed by atoms with Gasteiger partial charge in [-0.15, -0.1) is 0 Å². The minimum absolute atomic E-state index is 0.00119. The Balaban J connectivity index is 1.76. The van der Waals surface area contributed by atoms with Gasteiger partial charge in [-0.1, -0.05) is 12.1 Å². The highest BCUT2D eigenvalue weighted by Gasteiger charge is 2.25. The molecule has 1 aromatic carbocycles. The lowest BCUT2D eigenvalue weighted by molar-refractivity contribution is -0.127. The molecule has 2 amide bonds. The number of benzene rings is 1. The van der Waals surface area contributed by atoms with Crippen molar-refractivity contribution in [3.8, 4) is 0 Å². The van der Waals surface area contributed by atoms with E-state index >= 15 is 0 Å². The summed E-state index contributed by atoms with van der Waals surface area (Å²) in [5.74, 6) is -0.355. The Bertz CT molecular complexity index is 592. The molecule has 1 aliphatic heterocycles. The molecule has 0 saturated carbocycles. The zero-order chi connectivity index (χ0) is 18.2. The minimum atomic E-state index is -0.233. The third-order valence-electron chi connectivity index (χ3n) is 4.27. The van der Waals surface area contributed by atoms with Gasteiger partial charge in [-0.2, -0.15) is 0 Å². The molecule has 0 spiro atoms. The molecule has 1 atom stereocenters. The van der Waals surface area contributed by atoms with Crippen LogP contribution in [0.3, 0.4) is 0 Å². The number of amides is 2. The van der Waals surface area contributed by atoms with Gasteiger partial charge in [0.15, 0.2) is 0 Å². The molecule has 2 N–H and O–H groups in total. The first kappa shape index (κ1) is 19.4. The normalized spacial score (nSPS) is 18.2. The van der Waals surface area contributed by atoms with Crippen molar-refractivity contribution in [2.45, 2.75) is 45.7 Å². The highest BCUT2D eigenvalue weighted by atomic mass is 19.1. The lowest BCUT2D eigenvalue weighted by Crippen LogP contribution is -2.43. The van der Waals surface area contributed by atoms with E-state index in [4.69, 9.17) is 0 Å². The van der Waals surface area contributed by atoms with Crippen molar-refractivity contribution in [3.05, 3.63) is 35.6 Å². The summed E-state index contributed by atoms with van der Waals surface area (Å²) in [7, 11) is 0. The van der Waals surface area contributed by atoms with Crippen LogP contribution in [0.4, 0.5) is 4.39 Å². The fourth-order valence-corrected chi connectivity index (χ4v) is 3.14. The predicted octanol–water partition coefficient (Wildman–Crippen LogP) is 2.07. The predicted molar refractivity (Wildman–Crippen MR) is 95.3 cm³/mol. The molecule has 0 aromatic heterocycles. The number of likely N-dealkylation sites (tertiary alicyclic amines) is 1. The SMILES string of the molecule is CC(C)NC(=O)CCNC(=O)C1CCCN(Cc2cccc(F)c2)C1. The van der Waals surface area contributed by atoms with Gasteiger partial charge in [-0.25, -0.2) is 4.39 Å². The topological polar surface area (TPSA) is 61.4 Å². The van der Waals surface area contributed by atoms with Crippen LogP contribution in [0.1, 0.15) is 38.7 Å². The quantitative estimate of drug-likeness (QED) is 0.792. The first-order valence-electron chi connectivity index (χ1n) is 8.98. The van der Waals surface area contributed by atoms with Crippen molar-refractivity contribution in [2.75, 3.05) is 19.6 Å². The van der Waals surface area contributed by atoms with Gasteiger partial charge in [0, 0.05) is 32.1 Å². The number of hydrogen-bond donors (Lipinski definition) is 2. The number of carbonyl (C=O) groups is 2. The van der Waals surface area contributed by atoms with Crippen molar-refractivity contribution in [2.24, 2.45) is 5.92 Å². The van der Waals surface area contributed by atoms with Gasteiger partial charge in [-0.3, -0.25) is 14.5 Å². The van der Waals surface area contributed by atoms with Crippen LogP contribution in [0.5, 0.6) is 0 Å². The Labute approximate surface area is 149 Å². The summed E-state index contributed by atoms with van der Waals surface area (Å²) < 4.78 is 13.3. The Hall–Kier alpha value is -1.95. The van der Waals surface area contributed by atoms with Crippen LogP contribution in [0, 0.1) is 11.7 Å². The largest absolute Gasteiger partial charge is 0.355 e. The average Bonchev–Trinajstić information content (AvgIpc) is 2.54. The molecule has 2 rings (SSSR count). The monoisotopic (exact) mass is 349 g/mol. The molecular formula is C19H28FN3O2. The number of carbonyl (C=O) groups excluding carboxylic acids is 2. The molecule has 1 aliphatic rings. The second kappa shape index (κ2) is 9.51. The van der Waals surface area contributed by atoms with Crippen LogP contribution in [0.25, 0.3) is 0 Å². The van der Waals surface area contributed by atoms with E-state index < -0.39 is 0 Å². The number of piperidine rings is 1. The molecule has 1 unspecified atom stereocenters. The Morgan fingerprint density at radius 1 is 1.36 bits per heavy atom. The molecule has 25 heavy (non-hydrogen) atoms. The van der Waals surface area contributed by atoms with Gasteiger partial charge in [0.2, 0.25) is 11.8 Å². The minimum Gasteiger partial charge on any atom is -0.355 e. The number of halogens is 1. The highest BCUT2D eigenvalue weighted by molar-refractivity contribution is 5.80. The van der Waals surface area contributed by atoms with Crippen molar-refractivity contribution in [1.29, 1.82) is 0 Å². The molecule has 6 heteroatoms. The van der Waals surface area contributed by atoms with Gasteiger partial charge in [-0.05, 0) is 50.9 Å². The van der Waals surface area contributed by atoms with E-state index in [-0.39, 0.29) is 29.6 Å². The van der Waals surface area contributed by atoms with Gasteiger partial charge in [0.05, 0.1) is 5.92 Å². The molecule has 5 nitrogen and oxygen atoms in total. The second-order valence-electron chi connectivity index (χ2n) is 6.97. The molecule has 1 aromatic rings.